The lowest BCUT2D eigenvalue weighted by Crippen LogP contribution is -2.50. The number of benzene rings is 3. The van der Waals surface area contributed by atoms with Crippen molar-refractivity contribution in [3.8, 4) is 0 Å². The topological polar surface area (TPSA) is 49.4 Å². The summed E-state index contributed by atoms with van der Waals surface area (Å²) in [6.45, 7) is 0.131. The van der Waals surface area contributed by atoms with Gasteiger partial charge in [0.1, 0.15) is 11.9 Å². The fourth-order valence-corrected chi connectivity index (χ4v) is 3.99. The van der Waals surface area contributed by atoms with E-state index in [1.165, 1.54) is 24.1 Å². The first-order valence-corrected chi connectivity index (χ1v) is 10.9. The molecule has 0 heterocycles. The second-order valence-corrected chi connectivity index (χ2v) is 8.16. The van der Waals surface area contributed by atoms with E-state index in [2.05, 4.69) is 5.32 Å². The van der Waals surface area contributed by atoms with Crippen molar-refractivity contribution in [3.05, 3.63) is 105 Å². The van der Waals surface area contributed by atoms with Gasteiger partial charge in [-0.25, -0.2) is 4.39 Å². The summed E-state index contributed by atoms with van der Waals surface area (Å²) >= 11 is 12.6. The molecular formula is C25H23Cl2FN2O2. The molecule has 0 aliphatic heterocycles. The van der Waals surface area contributed by atoms with Crippen molar-refractivity contribution in [1.82, 2.24) is 10.2 Å². The van der Waals surface area contributed by atoms with Crippen LogP contribution in [-0.2, 0) is 29.0 Å². The quantitative estimate of drug-likeness (QED) is 0.497. The molecule has 2 amide bonds. The van der Waals surface area contributed by atoms with Crippen LogP contribution in [0.15, 0.2) is 72.8 Å². The van der Waals surface area contributed by atoms with E-state index < -0.39 is 6.04 Å². The molecule has 1 unspecified atom stereocenters. The van der Waals surface area contributed by atoms with Crippen LogP contribution in [0.4, 0.5) is 4.39 Å². The second-order valence-electron chi connectivity index (χ2n) is 7.34. The standard InChI is InChI=1S/C25H23Cl2FN2O2/c1-29-25(32)23(14-17-6-3-2-4-7-17)30(16-18-10-12-19(28)13-11-18)24(31)15-20-21(26)8-5-9-22(20)27/h2-13,23H,14-16H2,1H3,(H,29,32). The molecule has 4 nitrogen and oxygen atoms in total. The molecule has 3 rings (SSSR count). The SMILES string of the molecule is CNC(=O)C(Cc1ccccc1)N(Cc1ccc(F)cc1)C(=O)Cc1c(Cl)cccc1Cl. The van der Waals surface area contributed by atoms with Crippen molar-refractivity contribution >= 4 is 35.0 Å². The zero-order valence-corrected chi connectivity index (χ0v) is 19.0. The van der Waals surface area contributed by atoms with Crippen LogP contribution in [0.25, 0.3) is 0 Å². The van der Waals surface area contributed by atoms with Crippen LogP contribution >= 0.6 is 23.2 Å². The van der Waals surface area contributed by atoms with Gasteiger partial charge in [0.2, 0.25) is 11.8 Å². The van der Waals surface area contributed by atoms with E-state index in [0.29, 0.717) is 27.6 Å². The lowest BCUT2D eigenvalue weighted by molar-refractivity contribution is -0.140. The van der Waals surface area contributed by atoms with E-state index in [0.717, 1.165) is 5.56 Å². The molecule has 0 radical (unpaired) electrons. The first-order valence-electron chi connectivity index (χ1n) is 10.1. The summed E-state index contributed by atoms with van der Waals surface area (Å²) in [6.07, 6.45) is 0.256. The molecule has 3 aromatic carbocycles. The number of nitrogens with zero attached hydrogens (tertiary/aromatic N) is 1. The minimum absolute atomic E-state index is 0.0675. The van der Waals surface area contributed by atoms with Gasteiger partial charge in [-0.2, -0.15) is 0 Å². The number of hydrogen-bond acceptors (Lipinski definition) is 2. The number of amides is 2. The first kappa shape index (κ1) is 23.8. The van der Waals surface area contributed by atoms with Crippen LogP contribution in [0.2, 0.25) is 10.0 Å². The Bertz CT molecular complexity index is 1050. The second kappa shape index (κ2) is 11.1. The summed E-state index contributed by atoms with van der Waals surface area (Å²) < 4.78 is 13.4. The van der Waals surface area contributed by atoms with Gasteiger partial charge in [-0.3, -0.25) is 9.59 Å². The molecule has 0 spiro atoms. The summed E-state index contributed by atoms with van der Waals surface area (Å²) in [5.74, 6) is -0.981. The van der Waals surface area contributed by atoms with E-state index in [9.17, 15) is 14.0 Å². The number of carbonyl (C=O) groups is 2. The lowest BCUT2D eigenvalue weighted by atomic mass is 10.0. The van der Waals surface area contributed by atoms with Gasteiger partial charge in [-0.05, 0) is 41.0 Å². The molecule has 0 aromatic heterocycles. The van der Waals surface area contributed by atoms with Gasteiger partial charge in [0.15, 0.2) is 0 Å². The summed E-state index contributed by atoms with van der Waals surface area (Å²) in [6, 6.07) is 19.6. The number of nitrogens with one attached hydrogen (secondary N) is 1. The highest BCUT2D eigenvalue weighted by Crippen LogP contribution is 2.26. The fraction of sp³-hybridized carbons (Fsp3) is 0.200. The number of carbonyl (C=O) groups excluding carboxylic acids is 2. The highest BCUT2D eigenvalue weighted by molar-refractivity contribution is 6.36. The van der Waals surface area contributed by atoms with Gasteiger partial charge in [0, 0.05) is 30.1 Å². The normalized spacial score (nSPS) is 11.6. The third-order valence-corrected chi connectivity index (χ3v) is 5.88. The highest BCUT2D eigenvalue weighted by atomic mass is 35.5. The first-order chi connectivity index (χ1) is 15.4. The van der Waals surface area contributed by atoms with E-state index in [1.807, 2.05) is 30.3 Å². The number of halogens is 3. The maximum atomic E-state index is 13.5. The van der Waals surface area contributed by atoms with E-state index in [-0.39, 0.29) is 30.6 Å². The fourth-order valence-electron chi connectivity index (χ4n) is 3.46. The molecule has 0 saturated carbocycles. The number of rotatable bonds is 8. The minimum atomic E-state index is -0.777. The van der Waals surface area contributed by atoms with Gasteiger partial charge in [-0.1, -0.05) is 71.7 Å². The van der Waals surface area contributed by atoms with Crippen molar-refractivity contribution in [2.75, 3.05) is 7.05 Å². The Morgan fingerprint density at radius 2 is 1.53 bits per heavy atom. The Morgan fingerprint density at radius 1 is 0.906 bits per heavy atom. The van der Waals surface area contributed by atoms with Crippen LogP contribution < -0.4 is 5.32 Å². The minimum Gasteiger partial charge on any atom is -0.357 e. The van der Waals surface area contributed by atoms with Gasteiger partial charge in [0.05, 0.1) is 6.42 Å². The Hall–Kier alpha value is -2.89. The smallest absolute Gasteiger partial charge is 0.242 e. The van der Waals surface area contributed by atoms with Crippen LogP contribution in [0.3, 0.4) is 0 Å². The molecular weight excluding hydrogens is 450 g/mol. The maximum Gasteiger partial charge on any atom is 0.242 e. The molecule has 0 bridgehead atoms. The van der Waals surface area contributed by atoms with Crippen molar-refractivity contribution in [2.45, 2.75) is 25.4 Å². The molecule has 0 aliphatic rings. The molecule has 1 atom stereocenters. The highest BCUT2D eigenvalue weighted by Gasteiger charge is 2.30. The van der Waals surface area contributed by atoms with Gasteiger partial charge in [0.25, 0.3) is 0 Å². The van der Waals surface area contributed by atoms with E-state index in [1.54, 1.807) is 30.3 Å². The third kappa shape index (κ3) is 6.09. The molecule has 0 fully saturated rings. The molecule has 1 N–H and O–H groups in total. The van der Waals surface area contributed by atoms with Crippen LogP contribution in [0.5, 0.6) is 0 Å². The average Bonchev–Trinajstić information content (AvgIpc) is 2.80. The number of hydrogen-bond donors (Lipinski definition) is 1. The van der Waals surface area contributed by atoms with Crippen molar-refractivity contribution in [1.29, 1.82) is 0 Å². The maximum absolute atomic E-state index is 13.5. The molecule has 166 valence electrons. The van der Waals surface area contributed by atoms with Gasteiger partial charge >= 0.3 is 0 Å². The largest absolute Gasteiger partial charge is 0.357 e. The number of likely N-dealkylation sites (N-methyl/N-ethyl adjacent to an activating group) is 1. The van der Waals surface area contributed by atoms with Crippen LogP contribution in [0.1, 0.15) is 16.7 Å². The predicted molar refractivity (Wildman–Crippen MR) is 125 cm³/mol. The van der Waals surface area contributed by atoms with E-state index >= 15 is 0 Å². The summed E-state index contributed by atoms with van der Waals surface area (Å²) in [7, 11) is 1.53. The van der Waals surface area contributed by atoms with Crippen molar-refractivity contribution < 1.29 is 14.0 Å². The summed E-state index contributed by atoms with van der Waals surface area (Å²) in [5, 5.41) is 3.42. The van der Waals surface area contributed by atoms with E-state index in [4.69, 9.17) is 23.2 Å². The average molecular weight is 473 g/mol. The Kier molecular flexibility index (Phi) is 8.26. The molecule has 0 aliphatic carbocycles. The Labute approximate surface area is 197 Å². The molecule has 3 aromatic rings. The monoisotopic (exact) mass is 472 g/mol. The zero-order valence-electron chi connectivity index (χ0n) is 17.5. The molecule has 7 heteroatoms. The van der Waals surface area contributed by atoms with Gasteiger partial charge in [-0.15, -0.1) is 0 Å². The summed E-state index contributed by atoms with van der Waals surface area (Å²) in [5.41, 5.74) is 2.11. The summed E-state index contributed by atoms with van der Waals surface area (Å²) in [4.78, 5) is 27.9. The zero-order chi connectivity index (χ0) is 23.1. The molecule has 32 heavy (non-hydrogen) atoms. The third-order valence-electron chi connectivity index (χ3n) is 5.17. The van der Waals surface area contributed by atoms with Gasteiger partial charge < -0.3 is 10.2 Å². The Morgan fingerprint density at radius 3 is 2.12 bits per heavy atom. The van der Waals surface area contributed by atoms with Crippen LogP contribution in [-0.4, -0.2) is 29.8 Å². The van der Waals surface area contributed by atoms with Crippen LogP contribution in [0, 0.1) is 5.82 Å². The van der Waals surface area contributed by atoms with Crippen molar-refractivity contribution in [3.63, 3.8) is 0 Å². The Balaban J connectivity index is 1.97. The lowest BCUT2D eigenvalue weighted by Gasteiger charge is -2.31. The molecule has 0 saturated heterocycles. The van der Waals surface area contributed by atoms with Crippen molar-refractivity contribution in [2.24, 2.45) is 0 Å². The predicted octanol–water partition coefficient (Wildman–Crippen LogP) is 5.06.